The van der Waals surface area contributed by atoms with Crippen molar-refractivity contribution in [3.8, 4) is 0 Å². The predicted molar refractivity (Wildman–Crippen MR) is 57.5 cm³/mol. The van der Waals surface area contributed by atoms with Crippen molar-refractivity contribution in [2.75, 3.05) is 0 Å². The SMILES string of the molecule is O=C1NC(=O)c2c1cccc2C(Cl)(Cl)Cl. The number of benzene rings is 1. The zero-order chi connectivity index (χ0) is 11.2. The van der Waals surface area contributed by atoms with Gasteiger partial charge in [0.15, 0.2) is 0 Å². The maximum Gasteiger partial charge on any atom is 0.259 e. The lowest BCUT2D eigenvalue weighted by Gasteiger charge is -2.13. The minimum absolute atomic E-state index is 0.141. The van der Waals surface area contributed by atoms with Crippen LogP contribution >= 0.6 is 34.8 Å². The van der Waals surface area contributed by atoms with E-state index in [-0.39, 0.29) is 16.7 Å². The van der Waals surface area contributed by atoms with E-state index in [4.69, 9.17) is 34.8 Å². The zero-order valence-corrected chi connectivity index (χ0v) is 9.45. The fraction of sp³-hybridized carbons (Fsp3) is 0.111. The van der Waals surface area contributed by atoms with Crippen molar-refractivity contribution in [3.05, 3.63) is 34.9 Å². The standard InChI is InChI=1S/C9H4Cl3NO2/c10-9(11,12)5-3-1-2-4-6(5)8(15)13-7(4)14/h1-3H,(H,13,14,15). The van der Waals surface area contributed by atoms with Crippen LogP contribution in [-0.4, -0.2) is 11.8 Å². The van der Waals surface area contributed by atoms with Crippen molar-refractivity contribution in [2.24, 2.45) is 0 Å². The summed E-state index contributed by atoms with van der Waals surface area (Å²) < 4.78 is -1.71. The predicted octanol–water partition coefficient (Wildman–Crippen LogP) is 2.40. The molecule has 1 N–H and O–H groups in total. The highest BCUT2D eigenvalue weighted by atomic mass is 35.6. The Morgan fingerprint density at radius 3 is 2.33 bits per heavy atom. The first-order chi connectivity index (χ1) is 6.91. The normalized spacial score (nSPS) is 15.1. The van der Waals surface area contributed by atoms with Gasteiger partial charge >= 0.3 is 0 Å². The molecular weight excluding hydrogens is 260 g/mol. The first-order valence-corrected chi connectivity index (χ1v) is 5.10. The summed E-state index contributed by atoms with van der Waals surface area (Å²) in [5, 5.41) is 2.14. The van der Waals surface area contributed by atoms with E-state index < -0.39 is 15.6 Å². The molecule has 1 aromatic rings. The van der Waals surface area contributed by atoms with Crippen LogP contribution in [0.4, 0.5) is 0 Å². The van der Waals surface area contributed by atoms with Crippen LogP contribution < -0.4 is 5.32 Å². The molecule has 2 rings (SSSR count). The minimum atomic E-state index is -1.71. The summed E-state index contributed by atoms with van der Waals surface area (Å²) in [5.41, 5.74) is 0.597. The third-order valence-corrected chi connectivity index (χ3v) is 2.68. The Kier molecular flexibility index (Phi) is 2.41. The van der Waals surface area contributed by atoms with E-state index in [0.29, 0.717) is 0 Å². The molecule has 1 aliphatic heterocycles. The quantitative estimate of drug-likeness (QED) is 0.578. The van der Waals surface area contributed by atoms with Gasteiger partial charge in [0.2, 0.25) is 3.79 Å². The van der Waals surface area contributed by atoms with Gasteiger partial charge in [-0.1, -0.05) is 46.9 Å². The maximum atomic E-state index is 11.4. The number of amides is 2. The van der Waals surface area contributed by atoms with Crippen LogP contribution in [-0.2, 0) is 3.79 Å². The molecule has 0 bridgehead atoms. The van der Waals surface area contributed by atoms with Crippen molar-refractivity contribution in [1.29, 1.82) is 0 Å². The minimum Gasteiger partial charge on any atom is -0.288 e. The van der Waals surface area contributed by atoms with Crippen LogP contribution in [0.15, 0.2) is 18.2 Å². The highest BCUT2D eigenvalue weighted by Gasteiger charge is 2.36. The van der Waals surface area contributed by atoms with Crippen molar-refractivity contribution in [2.45, 2.75) is 3.79 Å². The third-order valence-electron chi connectivity index (χ3n) is 2.07. The van der Waals surface area contributed by atoms with Crippen molar-refractivity contribution < 1.29 is 9.59 Å². The number of rotatable bonds is 0. The molecule has 6 heteroatoms. The Morgan fingerprint density at radius 1 is 1.07 bits per heavy atom. The smallest absolute Gasteiger partial charge is 0.259 e. The van der Waals surface area contributed by atoms with Crippen LogP contribution in [0.1, 0.15) is 26.3 Å². The second kappa shape index (κ2) is 3.37. The van der Waals surface area contributed by atoms with Gasteiger partial charge in [0.1, 0.15) is 0 Å². The number of alkyl halides is 3. The van der Waals surface area contributed by atoms with E-state index in [2.05, 4.69) is 5.32 Å². The maximum absolute atomic E-state index is 11.4. The number of nitrogens with one attached hydrogen (secondary N) is 1. The average molecular weight is 264 g/mol. The van der Waals surface area contributed by atoms with Crippen molar-refractivity contribution in [3.63, 3.8) is 0 Å². The molecule has 0 atom stereocenters. The van der Waals surface area contributed by atoms with Gasteiger partial charge in [-0.2, -0.15) is 0 Å². The number of halogens is 3. The summed E-state index contributed by atoms with van der Waals surface area (Å²) in [4.78, 5) is 22.7. The lowest BCUT2D eigenvalue weighted by atomic mass is 10.0. The Balaban J connectivity index is 2.71. The van der Waals surface area contributed by atoms with E-state index >= 15 is 0 Å². The summed E-state index contributed by atoms with van der Waals surface area (Å²) in [6, 6.07) is 4.58. The Hall–Kier alpha value is -0.770. The molecule has 2 amide bonds. The second-order valence-electron chi connectivity index (χ2n) is 3.01. The number of carbonyl (C=O) groups excluding carboxylic acids is 2. The first-order valence-electron chi connectivity index (χ1n) is 3.97. The lowest BCUT2D eigenvalue weighted by molar-refractivity contribution is 0.0879. The van der Waals surface area contributed by atoms with Gasteiger partial charge in [-0.05, 0) is 6.07 Å². The molecule has 1 heterocycles. The molecule has 1 aromatic carbocycles. The Labute approximate surface area is 100 Å². The Morgan fingerprint density at radius 2 is 1.73 bits per heavy atom. The molecular formula is C9H4Cl3NO2. The van der Waals surface area contributed by atoms with Gasteiger partial charge in [0.05, 0.1) is 11.1 Å². The first kappa shape index (κ1) is 10.7. The van der Waals surface area contributed by atoms with Crippen LogP contribution in [0.2, 0.25) is 0 Å². The van der Waals surface area contributed by atoms with Crippen molar-refractivity contribution in [1.82, 2.24) is 5.32 Å². The summed E-state index contributed by atoms with van der Waals surface area (Å²) in [5.74, 6) is -0.997. The zero-order valence-electron chi connectivity index (χ0n) is 7.18. The summed E-state index contributed by atoms with van der Waals surface area (Å²) >= 11 is 17.1. The summed E-state index contributed by atoms with van der Waals surface area (Å²) in [7, 11) is 0. The van der Waals surface area contributed by atoms with Gasteiger partial charge in [0, 0.05) is 5.56 Å². The third kappa shape index (κ3) is 1.71. The molecule has 0 spiro atoms. The monoisotopic (exact) mass is 263 g/mol. The number of imide groups is 1. The molecule has 0 aliphatic carbocycles. The molecule has 3 nitrogen and oxygen atoms in total. The molecule has 0 saturated carbocycles. The topological polar surface area (TPSA) is 46.2 Å². The van der Waals surface area contributed by atoms with E-state index in [0.717, 1.165) is 0 Å². The highest BCUT2D eigenvalue weighted by Crippen LogP contribution is 2.41. The molecule has 0 unspecified atom stereocenters. The van der Waals surface area contributed by atoms with Gasteiger partial charge < -0.3 is 0 Å². The second-order valence-corrected chi connectivity index (χ2v) is 5.29. The molecule has 0 fully saturated rings. The molecule has 0 radical (unpaired) electrons. The fourth-order valence-corrected chi connectivity index (χ4v) is 1.93. The van der Waals surface area contributed by atoms with Crippen LogP contribution in [0, 0.1) is 0 Å². The number of carbonyl (C=O) groups is 2. The molecule has 78 valence electrons. The van der Waals surface area contributed by atoms with Crippen LogP contribution in [0.25, 0.3) is 0 Å². The van der Waals surface area contributed by atoms with E-state index in [9.17, 15) is 9.59 Å². The largest absolute Gasteiger partial charge is 0.288 e. The summed E-state index contributed by atoms with van der Waals surface area (Å²) in [6.07, 6.45) is 0. The van der Waals surface area contributed by atoms with E-state index in [1.165, 1.54) is 12.1 Å². The lowest BCUT2D eigenvalue weighted by Crippen LogP contribution is -2.20. The van der Waals surface area contributed by atoms with Gasteiger partial charge in [0.25, 0.3) is 11.8 Å². The van der Waals surface area contributed by atoms with Gasteiger partial charge in [-0.25, -0.2) is 0 Å². The van der Waals surface area contributed by atoms with E-state index in [1.807, 2.05) is 0 Å². The number of hydrogen-bond donors (Lipinski definition) is 1. The molecule has 0 aromatic heterocycles. The van der Waals surface area contributed by atoms with Gasteiger partial charge in [-0.15, -0.1) is 0 Å². The fourth-order valence-electron chi connectivity index (χ4n) is 1.46. The molecule has 0 saturated heterocycles. The van der Waals surface area contributed by atoms with Crippen LogP contribution in [0.5, 0.6) is 0 Å². The van der Waals surface area contributed by atoms with Crippen LogP contribution in [0.3, 0.4) is 0 Å². The molecule has 15 heavy (non-hydrogen) atoms. The summed E-state index contributed by atoms with van der Waals surface area (Å²) in [6.45, 7) is 0. The number of hydrogen-bond acceptors (Lipinski definition) is 2. The molecule has 1 aliphatic rings. The van der Waals surface area contributed by atoms with Crippen molar-refractivity contribution >= 4 is 46.6 Å². The highest BCUT2D eigenvalue weighted by molar-refractivity contribution is 6.67. The van der Waals surface area contributed by atoms with Gasteiger partial charge in [-0.3, -0.25) is 14.9 Å². The average Bonchev–Trinajstić information content (AvgIpc) is 2.41. The number of fused-ring (bicyclic) bond motifs is 1. The Bertz CT molecular complexity index is 465. The van der Waals surface area contributed by atoms with E-state index in [1.54, 1.807) is 6.07 Å².